The number of likely N-dealkylation sites (tertiary alicyclic amines) is 1. The first-order valence-corrected chi connectivity index (χ1v) is 6.58. The Morgan fingerprint density at radius 1 is 1.37 bits per heavy atom. The van der Waals surface area contributed by atoms with E-state index in [1.54, 1.807) is 20.8 Å². The van der Waals surface area contributed by atoms with Crippen LogP contribution < -0.4 is 0 Å². The van der Waals surface area contributed by atoms with Gasteiger partial charge in [0, 0.05) is 13.2 Å². The second-order valence-electron chi connectivity index (χ2n) is 5.90. The van der Waals surface area contributed by atoms with Crippen LogP contribution in [0.3, 0.4) is 0 Å². The van der Waals surface area contributed by atoms with Gasteiger partial charge in [0.05, 0.1) is 0 Å². The standard InChI is InChI=1S/C13H23NO5/c1-12(2,3)19-11(18)14-8-4-6-13(14,10(16)17)7-5-9-15/h15H,4-9H2,1-3H3,(H,16,17)/t13-/m1/s1. The molecule has 0 unspecified atom stereocenters. The molecule has 0 bridgehead atoms. The molecule has 1 aliphatic heterocycles. The number of hydrogen-bond donors (Lipinski definition) is 2. The molecule has 0 spiro atoms. The van der Waals surface area contributed by atoms with E-state index in [0.29, 0.717) is 25.8 Å². The number of carbonyl (C=O) groups is 2. The van der Waals surface area contributed by atoms with Crippen molar-refractivity contribution in [1.29, 1.82) is 0 Å². The molecular formula is C13H23NO5. The number of ether oxygens (including phenoxy) is 1. The number of carboxylic acid groups (broad SMARTS) is 1. The number of rotatable bonds is 4. The van der Waals surface area contributed by atoms with Crippen LogP contribution in [-0.4, -0.2) is 51.5 Å². The molecule has 1 saturated heterocycles. The SMILES string of the molecule is CC(C)(C)OC(=O)N1CCC[C@@]1(CCCO)C(=O)O. The Hall–Kier alpha value is -1.30. The lowest BCUT2D eigenvalue weighted by atomic mass is 9.90. The summed E-state index contributed by atoms with van der Waals surface area (Å²) < 4.78 is 5.27. The first-order valence-electron chi connectivity index (χ1n) is 6.58. The third-order valence-corrected chi connectivity index (χ3v) is 3.25. The van der Waals surface area contributed by atoms with Crippen molar-refractivity contribution >= 4 is 12.1 Å². The van der Waals surface area contributed by atoms with Gasteiger partial charge in [-0.3, -0.25) is 4.90 Å². The number of aliphatic hydroxyl groups is 1. The quantitative estimate of drug-likeness (QED) is 0.812. The number of aliphatic carboxylic acids is 1. The molecule has 1 fully saturated rings. The van der Waals surface area contributed by atoms with Gasteiger partial charge in [0.15, 0.2) is 0 Å². The molecule has 1 aliphatic rings. The summed E-state index contributed by atoms with van der Waals surface area (Å²) in [4.78, 5) is 25.0. The Labute approximate surface area is 113 Å². The van der Waals surface area contributed by atoms with Crippen LogP contribution in [-0.2, 0) is 9.53 Å². The number of carbonyl (C=O) groups excluding carboxylic acids is 1. The summed E-state index contributed by atoms with van der Waals surface area (Å²) in [5, 5.41) is 18.4. The lowest BCUT2D eigenvalue weighted by Gasteiger charge is -2.35. The molecule has 0 radical (unpaired) electrons. The Kier molecular flexibility index (Phi) is 4.79. The lowest BCUT2D eigenvalue weighted by Crippen LogP contribution is -2.54. The molecule has 2 N–H and O–H groups in total. The topological polar surface area (TPSA) is 87.1 Å². The lowest BCUT2D eigenvalue weighted by molar-refractivity contribution is -0.150. The van der Waals surface area contributed by atoms with Gasteiger partial charge in [0.2, 0.25) is 0 Å². The van der Waals surface area contributed by atoms with Crippen LogP contribution in [0.1, 0.15) is 46.5 Å². The molecule has 0 aromatic rings. The minimum atomic E-state index is -1.23. The molecular weight excluding hydrogens is 250 g/mol. The molecule has 110 valence electrons. The normalized spacial score (nSPS) is 23.5. The van der Waals surface area contributed by atoms with Crippen molar-refractivity contribution in [3.63, 3.8) is 0 Å². The van der Waals surface area contributed by atoms with E-state index in [2.05, 4.69) is 0 Å². The maximum atomic E-state index is 12.1. The number of hydrogen-bond acceptors (Lipinski definition) is 4. The highest BCUT2D eigenvalue weighted by molar-refractivity contribution is 5.85. The van der Waals surface area contributed by atoms with Gasteiger partial charge in [-0.2, -0.15) is 0 Å². The number of nitrogens with zero attached hydrogens (tertiary/aromatic N) is 1. The molecule has 0 saturated carbocycles. The van der Waals surface area contributed by atoms with Crippen LogP contribution in [0.2, 0.25) is 0 Å². The summed E-state index contributed by atoms with van der Waals surface area (Å²) >= 11 is 0. The molecule has 1 atom stereocenters. The summed E-state index contributed by atoms with van der Waals surface area (Å²) in [6.45, 7) is 5.54. The van der Waals surface area contributed by atoms with Crippen molar-refractivity contribution in [3.8, 4) is 0 Å². The van der Waals surface area contributed by atoms with Crippen molar-refractivity contribution in [3.05, 3.63) is 0 Å². The first kappa shape index (κ1) is 15.8. The zero-order chi connectivity index (χ0) is 14.7. The fourth-order valence-electron chi connectivity index (χ4n) is 2.42. The Bertz CT molecular complexity index is 349. The van der Waals surface area contributed by atoms with Crippen molar-refractivity contribution in [2.75, 3.05) is 13.2 Å². The van der Waals surface area contributed by atoms with Crippen molar-refractivity contribution in [2.45, 2.75) is 57.6 Å². The van der Waals surface area contributed by atoms with Gasteiger partial charge >= 0.3 is 12.1 Å². The Morgan fingerprint density at radius 3 is 2.47 bits per heavy atom. The van der Waals surface area contributed by atoms with Crippen LogP contribution in [0.25, 0.3) is 0 Å². The third-order valence-electron chi connectivity index (χ3n) is 3.25. The third kappa shape index (κ3) is 3.59. The van der Waals surface area contributed by atoms with E-state index in [4.69, 9.17) is 9.84 Å². The highest BCUT2D eigenvalue weighted by Gasteiger charge is 2.50. The minimum absolute atomic E-state index is 0.0861. The molecule has 1 amide bonds. The largest absolute Gasteiger partial charge is 0.479 e. The predicted octanol–water partition coefficient (Wildman–Crippen LogP) is 1.61. The smallest absolute Gasteiger partial charge is 0.411 e. The van der Waals surface area contributed by atoms with Gasteiger partial charge < -0.3 is 14.9 Å². The fourth-order valence-corrected chi connectivity index (χ4v) is 2.42. The summed E-state index contributed by atoms with van der Waals surface area (Å²) in [5.74, 6) is -1.02. The van der Waals surface area contributed by atoms with Crippen LogP contribution in [0.15, 0.2) is 0 Å². The molecule has 0 aromatic carbocycles. The van der Waals surface area contributed by atoms with Gasteiger partial charge in [-0.1, -0.05) is 0 Å². The van der Waals surface area contributed by atoms with E-state index in [0.717, 1.165) is 0 Å². The average molecular weight is 273 g/mol. The van der Waals surface area contributed by atoms with E-state index < -0.39 is 23.2 Å². The first-order chi connectivity index (χ1) is 8.73. The summed E-state index contributed by atoms with van der Waals surface area (Å²) in [7, 11) is 0. The molecule has 1 rings (SSSR count). The van der Waals surface area contributed by atoms with E-state index in [9.17, 15) is 14.7 Å². The molecule has 19 heavy (non-hydrogen) atoms. The zero-order valence-corrected chi connectivity index (χ0v) is 11.8. The van der Waals surface area contributed by atoms with E-state index in [1.165, 1.54) is 4.90 Å². The van der Waals surface area contributed by atoms with E-state index >= 15 is 0 Å². The number of aliphatic hydroxyl groups excluding tert-OH is 1. The second kappa shape index (κ2) is 5.77. The number of amides is 1. The average Bonchev–Trinajstić information content (AvgIpc) is 2.69. The van der Waals surface area contributed by atoms with Crippen LogP contribution in [0, 0.1) is 0 Å². The fraction of sp³-hybridized carbons (Fsp3) is 0.846. The van der Waals surface area contributed by atoms with Gasteiger partial charge in [0.25, 0.3) is 0 Å². The summed E-state index contributed by atoms with van der Waals surface area (Å²) in [6.07, 6.45) is 1.05. The molecule has 6 heteroatoms. The van der Waals surface area contributed by atoms with Gasteiger partial charge in [-0.25, -0.2) is 9.59 Å². The Morgan fingerprint density at radius 2 is 2.00 bits per heavy atom. The minimum Gasteiger partial charge on any atom is -0.479 e. The monoisotopic (exact) mass is 273 g/mol. The highest BCUT2D eigenvalue weighted by atomic mass is 16.6. The van der Waals surface area contributed by atoms with Gasteiger partial charge in [-0.05, 0) is 46.5 Å². The molecule has 0 aromatic heterocycles. The zero-order valence-electron chi connectivity index (χ0n) is 11.8. The maximum absolute atomic E-state index is 12.1. The molecule has 0 aliphatic carbocycles. The van der Waals surface area contributed by atoms with Crippen molar-refractivity contribution < 1.29 is 24.5 Å². The van der Waals surface area contributed by atoms with Crippen molar-refractivity contribution in [2.24, 2.45) is 0 Å². The van der Waals surface area contributed by atoms with Crippen LogP contribution in [0.4, 0.5) is 4.79 Å². The Balaban J connectivity index is 2.90. The van der Waals surface area contributed by atoms with Crippen molar-refractivity contribution in [1.82, 2.24) is 4.90 Å². The predicted molar refractivity (Wildman–Crippen MR) is 68.9 cm³/mol. The van der Waals surface area contributed by atoms with Crippen LogP contribution in [0.5, 0.6) is 0 Å². The maximum Gasteiger partial charge on any atom is 0.411 e. The van der Waals surface area contributed by atoms with E-state index in [-0.39, 0.29) is 13.0 Å². The summed E-state index contributed by atoms with van der Waals surface area (Å²) in [6, 6.07) is 0. The molecule has 1 heterocycles. The molecule has 6 nitrogen and oxygen atoms in total. The van der Waals surface area contributed by atoms with E-state index in [1.807, 2.05) is 0 Å². The van der Waals surface area contributed by atoms with Gasteiger partial charge in [-0.15, -0.1) is 0 Å². The summed E-state index contributed by atoms with van der Waals surface area (Å²) in [5.41, 5.74) is -1.88. The van der Waals surface area contributed by atoms with Crippen LogP contribution >= 0.6 is 0 Å². The second-order valence-corrected chi connectivity index (χ2v) is 5.90. The highest BCUT2D eigenvalue weighted by Crippen LogP contribution is 2.35. The number of carboxylic acids is 1. The van der Waals surface area contributed by atoms with Gasteiger partial charge in [0.1, 0.15) is 11.1 Å².